The first-order valence-corrected chi connectivity index (χ1v) is 11.1. The highest BCUT2D eigenvalue weighted by atomic mass is 79.9. The van der Waals surface area contributed by atoms with E-state index in [-0.39, 0.29) is 40.3 Å². The Hall–Kier alpha value is -3.76. The molecule has 0 amide bonds. The predicted molar refractivity (Wildman–Crippen MR) is 130 cm³/mol. The number of nitrogens with zero attached hydrogens (tertiary/aromatic N) is 2. The highest BCUT2D eigenvalue weighted by molar-refractivity contribution is 9.10. The van der Waals surface area contributed by atoms with Gasteiger partial charge in [0.05, 0.1) is 27.1 Å². The highest BCUT2D eigenvalue weighted by Gasteiger charge is 2.27. The minimum absolute atomic E-state index is 0.0218. The van der Waals surface area contributed by atoms with Crippen molar-refractivity contribution in [3.05, 3.63) is 102 Å². The average molecular weight is 562 g/mol. The summed E-state index contributed by atoms with van der Waals surface area (Å²) in [7, 11) is 1.44. The minimum atomic E-state index is -0.752. The fourth-order valence-electron chi connectivity index (χ4n) is 3.20. The SMILES string of the molecule is COc1cc(/C=C2\N=C(c3cc([N+](=O)[O-])ccc3Cl)OC2=O)cc(Br)c1OCc1ccccc1F. The molecule has 4 rings (SSSR count). The number of rotatable bonds is 7. The first-order valence-electron chi connectivity index (χ1n) is 9.97. The zero-order valence-electron chi connectivity index (χ0n) is 18.0. The zero-order valence-corrected chi connectivity index (χ0v) is 20.3. The number of halogens is 3. The van der Waals surface area contributed by atoms with Crippen LogP contribution >= 0.6 is 27.5 Å². The van der Waals surface area contributed by atoms with Crippen LogP contribution in [0, 0.1) is 15.9 Å². The molecule has 0 unspecified atom stereocenters. The number of nitro benzene ring substituents is 1. The number of cyclic esters (lactones) is 1. The summed E-state index contributed by atoms with van der Waals surface area (Å²) in [6.45, 7) is -0.0218. The second-order valence-corrected chi connectivity index (χ2v) is 8.43. The molecule has 1 aliphatic rings. The molecule has 8 nitrogen and oxygen atoms in total. The topological polar surface area (TPSA) is 100 Å². The Balaban J connectivity index is 1.63. The van der Waals surface area contributed by atoms with Gasteiger partial charge in [0, 0.05) is 17.7 Å². The Morgan fingerprint density at radius 1 is 1.23 bits per heavy atom. The van der Waals surface area contributed by atoms with Gasteiger partial charge in [0.15, 0.2) is 17.2 Å². The molecule has 0 radical (unpaired) electrons. The van der Waals surface area contributed by atoms with Crippen LogP contribution in [0.1, 0.15) is 16.7 Å². The molecule has 0 fully saturated rings. The number of ether oxygens (including phenoxy) is 3. The van der Waals surface area contributed by atoms with Crippen molar-refractivity contribution in [1.82, 2.24) is 0 Å². The lowest BCUT2D eigenvalue weighted by atomic mass is 10.1. The van der Waals surface area contributed by atoms with E-state index in [1.54, 1.807) is 30.3 Å². The summed E-state index contributed by atoms with van der Waals surface area (Å²) in [5.41, 5.74) is 0.752. The number of carbonyl (C=O) groups excluding carboxylic acids is 1. The largest absolute Gasteiger partial charge is 0.493 e. The van der Waals surface area contributed by atoms with Crippen LogP contribution in [-0.2, 0) is 16.1 Å². The molecule has 3 aromatic carbocycles. The number of carbonyl (C=O) groups is 1. The van der Waals surface area contributed by atoms with Crippen molar-refractivity contribution in [1.29, 1.82) is 0 Å². The van der Waals surface area contributed by atoms with Crippen LogP contribution in [0.15, 0.2) is 69.8 Å². The molecular formula is C24H15BrClFN2O6. The summed E-state index contributed by atoms with van der Waals surface area (Å²) in [5.74, 6) is -0.608. The Morgan fingerprint density at radius 2 is 2.00 bits per heavy atom. The maximum Gasteiger partial charge on any atom is 0.363 e. The van der Waals surface area contributed by atoms with E-state index in [0.29, 0.717) is 27.1 Å². The standard InChI is InChI=1S/C24H15BrClFN2O6/c1-33-21-10-13(8-17(25)22(21)34-12-14-4-2-3-5-19(14)27)9-20-24(30)35-23(28-20)16-11-15(29(31)32)6-7-18(16)26/h2-11H,12H2,1H3/b20-9-. The lowest BCUT2D eigenvalue weighted by Crippen LogP contribution is -2.06. The maximum absolute atomic E-state index is 13.9. The summed E-state index contributed by atoms with van der Waals surface area (Å²) < 4.78 is 30.8. The van der Waals surface area contributed by atoms with Gasteiger partial charge >= 0.3 is 5.97 Å². The highest BCUT2D eigenvalue weighted by Crippen LogP contribution is 2.38. The molecule has 0 saturated carbocycles. The maximum atomic E-state index is 13.9. The third kappa shape index (κ3) is 5.33. The second kappa shape index (κ2) is 10.2. The molecule has 0 aromatic heterocycles. The number of methoxy groups -OCH3 is 1. The van der Waals surface area contributed by atoms with E-state index in [2.05, 4.69) is 20.9 Å². The van der Waals surface area contributed by atoms with E-state index >= 15 is 0 Å². The average Bonchev–Trinajstić information content (AvgIpc) is 3.18. The van der Waals surface area contributed by atoms with Crippen LogP contribution in [0.3, 0.4) is 0 Å². The molecule has 1 aliphatic heterocycles. The summed E-state index contributed by atoms with van der Waals surface area (Å²) in [6, 6.07) is 13.3. The third-order valence-electron chi connectivity index (χ3n) is 4.90. The third-order valence-corrected chi connectivity index (χ3v) is 5.82. The smallest absolute Gasteiger partial charge is 0.363 e. The lowest BCUT2D eigenvalue weighted by molar-refractivity contribution is -0.384. The number of benzene rings is 3. The molecule has 11 heteroatoms. The van der Waals surface area contributed by atoms with Gasteiger partial charge in [0.25, 0.3) is 5.69 Å². The molecule has 178 valence electrons. The summed E-state index contributed by atoms with van der Waals surface area (Å²) in [6.07, 6.45) is 1.45. The van der Waals surface area contributed by atoms with E-state index in [9.17, 15) is 19.3 Å². The quantitative estimate of drug-likeness (QED) is 0.150. The van der Waals surface area contributed by atoms with Crippen LogP contribution in [0.25, 0.3) is 6.08 Å². The van der Waals surface area contributed by atoms with Crippen LogP contribution in [0.2, 0.25) is 5.02 Å². The van der Waals surface area contributed by atoms with Gasteiger partial charge < -0.3 is 14.2 Å². The molecule has 0 aliphatic carbocycles. The summed E-state index contributed by atoms with van der Waals surface area (Å²) in [5, 5.41) is 11.2. The van der Waals surface area contributed by atoms with E-state index < -0.39 is 10.9 Å². The van der Waals surface area contributed by atoms with Gasteiger partial charge in [0.2, 0.25) is 5.90 Å². The van der Waals surface area contributed by atoms with Gasteiger partial charge in [-0.05, 0) is 51.8 Å². The van der Waals surface area contributed by atoms with Crippen LogP contribution in [0.5, 0.6) is 11.5 Å². The number of esters is 1. The van der Waals surface area contributed by atoms with E-state index in [1.165, 1.54) is 37.5 Å². The van der Waals surface area contributed by atoms with Gasteiger partial charge in [-0.2, -0.15) is 0 Å². The van der Waals surface area contributed by atoms with Crippen molar-refractivity contribution in [2.75, 3.05) is 7.11 Å². The van der Waals surface area contributed by atoms with Gasteiger partial charge in [-0.15, -0.1) is 0 Å². The van der Waals surface area contributed by atoms with Crippen molar-refractivity contribution in [3.8, 4) is 11.5 Å². The van der Waals surface area contributed by atoms with Gasteiger partial charge in [-0.1, -0.05) is 29.8 Å². The Bertz CT molecular complexity index is 1410. The van der Waals surface area contributed by atoms with Crippen LogP contribution in [0.4, 0.5) is 10.1 Å². The molecular weight excluding hydrogens is 547 g/mol. The number of aliphatic imine (C=N–C) groups is 1. The number of non-ortho nitro benzene ring substituents is 1. The fourth-order valence-corrected chi connectivity index (χ4v) is 3.97. The van der Waals surface area contributed by atoms with Gasteiger partial charge in [-0.25, -0.2) is 14.2 Å². The number of nitro groups is 1. The Kier molecular flexibility index (Phi) is 7.13. The molecule has 0 saturated heterocycles. The van der Waals surface area contributed by atoms with Crippen molar-refractivity contribution >= 4 is 51.2 Å². The van der Waals surface area contributed by atoms with E-state index in [0.717, 1.165) is 0 Å². The van der Waals surface area contributed by atoms with Gasteiger partial charge in [0.1, 0.15) is 12.4 Å². The molecule has 1 heterocycles. The normalized spacial score (nSPS) is 14.0. The van der Waals surface area contributed by atoms with Crippen molar-refractivity contribution < 1.29 is 28.3 Å². The van der Waals surface area contributed by atoms with Crippen molar-refractivity contribution in [3.63, 3.8) is 0 Å². The van der Waals surface area contributed by atoms with E-state index in [1.807, 2.05) is 0 Å². The van der Waals surface area contributed by atoms with E-state index in [4.69, 9.17) is 25.8 Å². The van der Waals surface area contributed by atoms with Crippen LogP contribution in [-0.4, -0.2) is 23.9 Å². The van der Waals surface area contributed by atoms with Crippen LogP contribution < -0.4 is 9.47 Å². The Labute approximate surface area is 211 Å². The van der Waals surface area contributed by atoms with Gasteiger partial charge in [-0.3, -0.25) is 10.1 Å². The molecule has 3 aromatic rings. The molecule has 0 N–H and O–H groups in total. The minimum Gasteiger partial charge on any atom is -0.493 e. The summed E-state index contributed by atoms with van der Waals surface area (Å²) >= 11 is 9.54. The van der Waals surface area contributed by atoms with Crippen molar-refractivity contribution in [2.45, 2.75) is 6.61 Å². The predicted octanol–water partition coefficient (Wildman–Crippen LogP) is 6.08. The lowest BCUT2D eigenvalue weighted by Gasteiger charge is -2.14. The molecule has 0 spiro atoms. The molecule has 0 bridgehead atoms. The first kappa shape index (κ1) is 24.4. The van der Waals surface area contributed by atoms with Crippen molar-refractivity contribution in [2.24, 2.45) is 4.99 Å². The number of hydrogen-bond donors (Lipinski definition) is 0. The Morgan fingerprint density at radius 3 is 2.71 bits per heavy atom. The molecule has 0 atom stereocenters. The fraction of sp³-hybridized carbons (Fsp3) is 0.0833. The molecule has 35 heavy (non-hydrogen) atoms. The second-order valence-electron chi connectivity index (χ2n) is 7.17. The monoisotopic (exact) mass is 560 g/mol. The number of hydrogen-bond acceptors (Lipinski definition) is 7. The summed E-state index contributed by atoms with van der Waals surface area (Å²) in [4.78, 5) is 27.0. The first-order chi connectivity index (χ1) is 16.8. The zero-order chi connectivity index (χ0) is 25.1.